The summed E-state index contributed by atoms with van der Waals surface area (Å²) in [4.78, 5) is 27.1. The van der Waals surface area contributed by atoms with E-state index in [0.717, 1.165) is 36.1 Å². The average molecular weight is 312 g/mol. The van der Waals surface area contributed by atoms with Gasteiger partial charge in [-0.15, -0.1) is 0 Å². The third-order valence-electron chi connectivity index (χ3n) is 4.22. The second-order valence-corrected chi connectivity index (χ2v) is 5.74. The van der Waals surface area contributed by atoms with Crippen LogP contribution in [-0.2, 0) is 19.4 Å². The van der Waals surface area contributed by atoms with E-state index in [-0.39, 0.29) is 23.8 Å². The number of H-pyrrole nitrogens is 1. The number of rotatable bonds is 3. The number of benzene rings is 1. The van der Waals surface area contributed by atoms with Crippen LogP contribution in [-0.4, -0.2) is 17.7 Å². The summed E-state index contributed by atoms with van der Waals surface area (Å²) in [5.74, 6) is 1.01. The summed E-state index contributed by atoms with van der Waals surface area (Å²) >= 11 is 0. The highest BCUT2D eigenvalue weighted by Gasteiger charge is 2.18. The Bertz CT molecular complexity index is 841. The molecule has 0 unspecified atom stereocenters. The maximum Gasteiger partial charge on any atom is 0.261 e. The van der Waals surface area contributed by atoms with E-state index in [9.17, 15) is 9.59 Å². The molecule has 1 aromatic heterocycles. The summed E-state index contributed by atoms with van der Waals surface area (Å²) in [6, 6.07) is 7.22. The number of hydrogen-bond acceptors (Lipinski definition) is 4. The summed E-state index contributed by atoms with van der Waals surface area (Å²) in [5, 5.41) is 2.78. The Balaban J connectivity index is 1.49. The standard InChI is InChI=1S/C17H16N2O4/c20-16(12-7-11-2-1-3-13(11)19-17(12)21)18-8-10-4-5-14-15(6-10)23-9-22-14/h4-7H,1-3,8-9H2,(H,18,20)(H,19,21). The molecule has 0 radical (unpaired) electrons. The van der Waals surface area contributed by atoms with Crippen LogP contribution in [0.25, 0.3) is 0 Å². The van der Waals surface area contributed by atoms with Gasteiger partial charge < -0.3 is 19.8 Å². The van der Waals surface area contributed by atoms with Crippen LogP contribution in [0.2, 0.25) is 0 Å². The Morgan fingerprint density at radius 3 is 2.96 bits per heavy atom. The van der Waals surface area contributed by atoms with E-state index in [1.807, 2.05) is 18.2 Å². The third kappa shape index (κ3) is 2.56. The van der Waals surface area contributed by atoms with Gasteiger partial charge in [0.1, 0.15) is 5.56 Å². The number of fused-ring (bicyclic) bond motifs is 2. The van der Waals surface area contributed by atoms with Gasteiger partial charge in [0.25, 0.3) is 11.5 Å². The Morgan fingerprint density at radius 2 is 2.04 bits per heavy atom. The molecule has 6 heteroatoms. The zero-order chi connectivity index (χ0) is 15.8. The van der Waals surface area contributed by atoms with E-state index in [2.05, 4.69) is 10.3 Å². The lowest BCUT2D eigenvalue weighted by atomic mass is 10.1. The smallest absolute Gasteiger partial charge is 0.261 e. The summed E-state index contributed by atoms with van der Waals surface area (Å²) < 4.78 is 10.6. The molecule has 2 N–H and O–H groups in total. The van der Waals surface area contributed by atoms with Gasteiger partial charge in [-0.25, -0.2) is 0 Å². The first-order valence-corrected chi connectivity index (χ1v) is 7.62. The van der Waals surface area contributed by atoms with Crippen LogP contribution in [0, 0.1) is 0 Å². The first-order chi connectivity index (χ1) is 11.2. The molecule has 0 saturated carbocycles. The van der Waals surface area contributed by atoms with Crippen LogP contribution in [0.1, 0.15) is 33.6 Å². The minimum Gasteiger partial charge on any atom is -0.454 e. The second kappa shape index (κ2) is 5.46. The van der Waals surface area contributed by atoms with Crippen molar-refractivity contribution in [1.29, 1.82) is 0 Å². The fourth-order valence-electron chi connectivity index (χ4n) is 3.01. The maximum absolute atomic E-state index is 12.3. The number of hydrogen-bond donors (Lipinski definition) is 2. The van der Waals surface area contributed by atoms with Crippen molar-refractivity contribution in [3.63, 3.8) is 0 Å². The monoisotopic (exact) mass is 312 g/mol. The molecule has 2 aliphatic rings. The Kier molecular flexibility index (Phi) is 3.29. The zero-order valence-electron chi connectivity index (χ0n) is 12.5. The molecule has 0 saturated heterocycles. The predicted molar refractivity (Wildman–Crippen MR) is 82.8 cm³/mol. The van der Waals surface area contributed by atoms with E-state index >= 15 is 0 Å². The number of aryl methyl sites for hydroxylation is 2. The van der Waals surface area contributed by atoms with Gasteiger partial charge in [-0.05, 0) is 48.6 Å². The number of amides is 1. The zero-order valence-corrected chi connectivity index (χ0v) is 12.5. The molecule has 2 heterocycles. The van der Waals surface area contributed by atoms with Gasteiger partial charge in [0.05, 0.1) is 0 Å². The largest absolute Gasteiger partial charge is 0.454 e. The van der Waals surface area contributed by atoms with Gasteiger partial charge in [0.2, 0.25) is 6.79 Å². The fourth-order valence-corrected chi connectivity index (χ4v) is 3.01. The molecule has 23 heavy (non-hydrogen) atoms. The van der Waals surface area contributed by atoms with Gasteiger partial charge in [0, 0.05) is 12.2 Å². The van der Waals surface area contributed by atoms with E-state index in [4.69, 9.17) is 9.47 Å². The molecule has 0 bridgehead atoms. The van der Waals surface area contributed by atoms with Crippen LogP contribution < -0.4 is 20.3 Å². The number of carbonyl (C=O) groups excluding carboxylic acids is 1. The molecule has 1 amide bonds. The first kappa shape index (κ1) is 13.9. The van der Waals surface area contributed by atoms with E-state index in [0.29, 0.717) is 18.0 Å². The minimum absolute atomic E-state index is 0.173. The third-order valence-corrected chi connectivity index (χ3v) is 4.22. The molecule has 0 spiro atoms. The van der Waals surface area contributed by atoms with Gasteiger partial charge >= 0.3 is 0 Å². The quantitative estimate of drug-likeness (QED) is 0.900. The summed E-state index contributed by atoms with van der Waals surface area (Å²) in [5.41, 5.74) is 2.76. The molecule has 4 rings (SSSR count). The molecular formula is C17H16N2O4. The molecule has 1 aliphatic carbocycles. The highest BCUT2D eigenvalue weighted by atomic mass is 16.7. The van der Waals surface area contributed by atoms with Crippen LogP contribution in [0.3, 0.4) is 0 Å². The average Bonchev–Trinajstić information content (AvgIpc) is 3.19. The van der Waals surface area contributed by atoms with Gasteiger partial charge in [0.15, 0.2) is 11.5 Å². The lowest BCUT2D eigenvalue weighted by Crippen LogP contribution is -2.29. The SMILES string of the molecule is O=C(NCc1ccc2c(c1)OCO2)c1cc2c([nH]c1=O)CCC2. The number of carbonyl (C=O) groups is 1. The van der Waals surface area contributed by atoms with Crippen molar-refractivity contribution in [2.24, 2.45) is 0 Å². The summed E-state index contributed by atoms with van der Waals surface area (Å²) in [6.45, 7) is 0.543. The number of aromatic nitrogens is 1. The number of nitrogens with one attached hydrogen (secondary N) is 2. The number of pyridine rings is 1. The number of ether oxygens (including phenoxy) is 2. The Morgan fingerprint density at radius 1 is 1.17 bits per heavy atom. The predicted octanol–water partition coefficient (Wildman–Crippen LogP) is 1.52. The maximum atomic E-state index is 12.3. The van der Waals surface area contributed by atoms with Gasteiger partial charge in [-0.2, -0.15) is 0 Å². The molecular weight excluding hydrogens is 296 g/mol. The van der Waals surface area contributed by atoms with Crippen LogP contribution in [0.5, 0.6) is 11.5 Å². The molecule has 2 aromatic rings. The van der Waals surface area contributed by atoms with Crippen LogP contribution >= 0.6 is 0 Å². The van der Waals surface area contributed by atoms with Gasteiger partial charge in [-0.3, -0.25) is 9.59 Å². The first-order valence-electron chi connectivity index (χ1n) is 7.62. The van der Waals surface area contributed by atoms with E-state index in [1.165, 1.54) is 0 Å². The van der Waals surface area contributed by atoms with Crippen molar-refractivity contribution in [2.45, 2.75) is 25.8 Å². The van der Waals surface area contributed by atoms with Crippen molar-refractivity contribution in [3.8, 4) is 11.5 Å². The van der Waals surface area contributed by atoms with Crippen molar-refractivity contribution in [3.05, 3.63) is 57.0 Å². The summed E-state index contributed by atoms with van der Waals surface area (Å²) in [6.07, 6.45) is 2.81. The molecule has 0 fully saturated rings. The molecule has 118 valence electrons. The van der Waals surface area contributed by atoms with E-state index < -0.39 is 0 Å². The van der Waals surface area contributed by atoms with Crippen molar-refractivity contribution >= 4 is 5.91 Å². The minimum atomic E-state index is -0.362. The van der Waals surface area contributed by atoms with Crippen molar-refractivity contribution in [1.82, 2.24) is 10.3 Å². The fraction of sp³-hybridized carbons (Fsp3) is 0.294. The molecule has 1 aromatic carbocycles. The van der Waals surface area contributed by atoms with Crippen LogP contribution in [0.4, 0.5) is 0 Å². The molecule has 1 aliphatic heterocycles. The van der Waals surface area contributed by atoms with Crippen molar-refractivity contribution in [2.75, 3.05) is 6.79 Å². The van der Waals surface area contributed by atoms with E-state index in [1.54, 1.807) is 6.07 Å². The van der Waals surface area contributed by atoms with Gasteiger partial charge in [-0.1, -0.05) is 6.07 Å². The second-order valence-electron chi connectivity index (χ2n) is 5.74. The summed E-state index contributed by atoms with van der Waals surface area (Å²) in [7, 11) is 0. The molecule has 6 nitrogen and oxygen atoms in total. The lowest BCUT2D eigenvalue weighted by molar-refractivity contribution is 0.0949. The normalized spacial score (nSPS) is 14.6. The lowest BCUT2D eigenvalue weighted by Gasteiger charge is -2.07. The Labute approximate surface area is 132 Å². The Hall–Kier alpha value is -2.76. The topological polar surface area (TPSA) is 80.4 Å². The molecule has 0 atom stereocenters. The van der Waals surface area contributed by atoms with Crippen molar-refractivity contribution < 1.29 is 14.3 Å². The van der Waals surface area contributed by atoms with Crippen LogP contribution in [0.15, 0.2) is 29.1 Å². The highest BCUT2D eigenvalue weighted by molar-refractivity contribution is 5.94. The number of aromatic amines is 1. The highest BCUT2D eigenvalue weighted by Crippen LogP contribution is 2.32.